The first-order valence-corrected chi connectivity index (χ1v) is 8.82. The molecule has 0 unspecified atom stereocenters. The van der Waals surface area contributed by atoms with Gasteiger partial charge in [0.1, 0.15) is 5.75 Å². The molecule has 1 heterocycles. The minimum atomic E-state index is -0.439. The van der Waals surface area contributed by atoms with Gasteiger partial charge < -0.3 is 14.0 Å². The van der Waals surface area contributed by atoms with E-state index in [0.717, 1.165) is 39.4 Å². The normalized spacial score (nSPS) is 10.9. The molecule has 0 saturated heterocycles. The van der Waals surface area contributed by atoms with Crippen LogP contribution in [0.1, 0.15) is 28.2 Å². The van der Waals surface area contributed by atoms with Gasteiger partial charge in [-0.25, -0.2) is 9.78 Å². The average molecular weight is 373 g/mol. The number of hydrogen-bond acceptors (Lipinski definition) is 4. The van der Waals surface area contributed by atoms with Gasteiger partial charge in [-0.1, -0.05) is 23.7 Å². The molecule has 136 valence electrons. The van der Waals surface area contributed by atoms with Crippen LogP contribution in [0.15, 0.2) is 36.4 Å². The number of methoxy groups -OCH3 is 1. The zero-order chi connectivity index (χ0) is 18.7. The Morgan fingerprint density at radius 3 is 2.58 bits per heavy atom. The summed E-state index contributed by atoms with van der Waals surface area (Å²) >= 11 is 6.19. The Bertz CT molecular complexity index is 926. The van der Waals surface area contributed by atoms with Crippen molar-refractivity contribution in [2.24, 2.45) is 0 Å². The number of aromatic nitrogens is 2. The van der Waals surface area contributed by atoms with Crippen LogP contribution >= 0.6 is 11.6 Å². The molecule has 6 heteroatoms. The lowest BCUT2D eigenvalue weighted by Gasteiger charge is -2.11. The average Bonchev–Trinajstić information content (AvgIpc) is 3.01. The molecular weight excluding hydrogens is 352 g/mol. The maximum absolute atomic E-state index is 12.0. The highest BCUT2D eigenvalue weighted by molar-refractivity contribution is 6.32. The number of imidazole rings is 1. The van der Waals surface area contributed by atoms with E-state index < -0.39 is 5.97 Å². The number of carbonyl (C=O) groups excluding carboxylic acids is 1. The highest BCUT2D eigenvalue weighted by Gasteiger charge is 2.17. The monoisotopic (exact) mass is 372 g/mol. The molecule has 0 radical (unpaired) electrons. The molecule has 1 aromatic heterocycles. The molecule has 0 fully saturated rings. The maximum Gasteiger partial charge on any atom is 0.374 e. The molecule has 26 heavy (non-hydrogen) atoms. The van der Waals surface area contributed by atoms with Gasteiger partial charge in [-0.05, 0) is 55.7 Å². The van der Waals surface area contributed by atoms with Gasteiger partial charge >= 0.3 is 5.97 Å². The zero-order valence-corrected chi connectivity index (χ0v) is 15.8. The molecule has 3 aromatic rings. The Morgan fingerprint density at radius 1 is 1.19 bits per heavy atom. The van der Waals surface area contributed by atoms with Crippen molar-refractivity contribution in [2.45, 2.75) is 26.8 Å². The second kappa shape index (κ2) is 7.79. The molecule has 0 aliphatic heterocycles. The summed E-state index contributed by atoms with van der Waals surface area (Å²) in [6.45, 7) is 5.05. The fourth-order valence-electron chi connectivity index (χ4n) is 2.95. The number of esters is 1. The van der Waals surface area contributed by atoms with Gasteiger partial charge in [0.15, 0.2) is 0 Å². The minimum Gasteiger partial charge on any atom is -0.494 e. The van der Waals surface area contributed by atoms with E-state index in [4.69, 9.17) is 21.1 Å². The number of carbonyl (C=O) groups is 1. The van der Waals surface area contributed by atoms with Crippen molar-refractivity contribution in [1.82, 2.24) is 9.55 Å². The van der Waals surface area contributed by atoms with Gasteiger partial charge in [0.2, 0.25) is 5.82 Å². The molecule has 5 nitrogen and oxygen atoms in total. The van der Waals surface area contributed by atoms with Crippen LogP contribution in [-0.4, -0.2) is 29.2 Å². The maximum atomic E-state index is 12.0. The van der Waals surface area contributed by atoms with Gasteiger partial charge in [-0.3, -0.25) is 0 Å². The molecule has 0 aliphatic carbocycles. The molecule has 0 saturated carbocycles. The molecular formula is C20H21ClN2O3. The molecule has 0 spiro atoms. The second-order valence-corrected chi connectivity index (χ2v) is 6.52. The number of hydrogen-bond donors (Lipinski definition) is 0. The van der Waals surface area contributed by atoms with E-state index in [0.29, 0.717) is 19.0 Å². The third-order valence-electron chi connectivity index (χ3n) is 4.23. The number of aryl methyl sites for hydroxylation is 3. The number of fused-ring (bicyclic) bond motifs is 1. The summed E-state index contributed by atoms with van der Waals surface area (Å²) in [5.74, 6) is 0.672. The van der Waals surface area contributed by atoms with Crippen molar-refractivity contribution in [1.29, 1.82) is 0 Å². The number of halogens is 1. The Hall–Kier alpha value is -2.53. The van der Waals surface area contributed by atoms with E-state index in [9.17, 15) is 4.79 Å². The topological polar surface area (TPSA) is 53.3 Å². The van der Waals surface area contributed by atoms with Crippen molar-refractivity contribution in [2.75, 3.05) is 13.7 Å². The first-order valence-electron chi connectivity index (χ1n) is 8.44. The van der Waals surface area contributed by atoms with Gasteiger partial charge in [0.05, 0.1) is 24.8 Å². The van der Waals surface area contributed by atoms with Crippen LogP contribution in [0.5, 0.6) is 5.75 Å². The highest BCUT2D eigenvalue weighted by Crippen LogP contribution is 2.26. The SMILES string of the molecule is COC(=O)c1nc2ccccc2n1CCCOc1cc(C)c(Cl)c(C)c1. The summed E-state index contributed by atoms with van der Waals surface area (Å²) in [6.07, 6.45) is 0.727. The van der Waals surface area contributed by atoms with Crippen molar-refractivity contribution in [3.05, 3.63) is 58.4 Å². The Kier molecular flexibility index (Phi) is 5.47. The predicted octanol–water partition coefficient (Wildman–Crippen LogP) is 4.56. The van der Waals surface area contributed by atoms with Crippen molar-refractivity contribution >= 4 is 28.6 Å². The zero-order valence-electron chi connectivity index (χ0n) is 15.1. The van der Waals surface area contributed by atoms with Crippen LogP contribution < -0.4 is 4.74 Å². The second-order valence-electron chi connectivity index (χ2n) is 6.14. The van der Waals surface area contributed by atoms with E-state index in [1.54, 1.807) is 0 Å². The molecule has 3 rings (SSSR count). The molecule has 0 bridgehead atoms. The van der Waals surface area contributed by atoms with Gasteiger partial charge in [0, 0.05) is 11.6 Å². The smallest absolute Gasteiger partial charge is 0.374 e. The summed E-state index contributed by atoms with van der Waals surface area (Å²) in [6, 6.07) is 11.5. The van der Waals surface area contributed by atoms with Crippen LogP contribution in [0, 0.1) is 13.8 Å². The van der Waals surface area contributed by atoms with Gasteiger partial charge in [-0.2, -0.15) is 0 Å². The lowest BCUT2D eigenvalue weighted by atomic mass is 10.1. The van der Waals surface area contributed by atoms with Crippen molar-refractivity contribution in [3.63, 3.8) is 0 Å². The third kappa shape index (κ3) is 3.68. The highest BCUT2D eigenvalue weighted by atomic mass is 35.5. The predicted molar refractivity (Wildman–Crippen MR) is 102 cm³/mol. The fraction of sp³-hybridized carbons (Fsp3) is 0.300. The Labute approximate surface area is 157 Å². The summed E-state index contributed by atoms with van der Waals surface area (Å²) in [7, 11) is 1.36. The molecule has 0 atom stereocenters. The van der Waals surface area contributed by atoms with Crippen molar-refractivity contribution in [3.8, 4) is 5.75 Å². The van der Waals surface area contributed by atoms with Gasteiger partial charge in [0.25, 0.3) is 0 Å². The van der Waals surface area contributed by atoms with Crippen LogP contribution in [0.2, 0.25) is 5.02 Å². The van der Waals surface area contributed by atoms with Crippen LogP contribution in [0.4, 0.5) is 0 Å². The minimum absolute atomic E-state index is 0.312. The molecule has 2 aromatic carbocycles. The Morgan fingerprint density at radius 2 is 1.88 bits per heavy atom. The van der Waals surface area contributed by atoms with Crippen LogP contribution in [0.25, 0.3) is 11.0 Å². The van der Waals surface area contributed by atoms with E-state index in [1.807, 2.05) is 54.8 Å². The largest absolute Gasteiger partial charge is 0.494 e. The third-order valence-corrected chi connectivity index (χ3v) is 4.82. The summed E-state index contributed by atoms with van der Waals surface area (Å²) < 4.78 is 12.6. The first-order chi connectivity index (χ1) is 12.5. The molecule has 0 amide bonds. The number of rotatable bonds is 6. The fourth-order valence-corrected chi connectivity index (χ4v) is 3.06. The van der Waals surface area contributed by atoms with Crippen LogP contribution in [-0.2, 0) is 11.3 Å². The Balaban J connectivity index is 1.71. The summed E-state index contributed by atoms with van der Waals surface area (Å²) in [4.78, 5) is 16.4. The number of benzene rings is 2. The van der Waals surface area contributed by atoms with E-state index in [-0.39, 0.29) is 0 Å². The number of nitrogens with zero attached hydrogens (tertiary/aromatic N) is 2. The van der Waals surface area contributed by atoms with E-state index in [2.05, 4.69) is 4.98 Å². The first kappa shape index (κ1) is 18.3. The van der Waals surface area contributed by atoms with E-state index in [1.165, 1.54) is 7.11 Å². The number of ether oxygens (including phenoxy) is 2. The lowest BCUT2D eigenvalue weighted by molar-refractivity contribution is 0.0581. The van der Waals surface area contributed by atoms with E-state index >= 15 is 0 Å². The van der Waals surface area contributed by atoms with Crippen molar-refractivity contribution < 1.29 is 14.3 Å². The summed E-state index contributed by atoms with van der Waals surface area (Å²) in [5.41, 5.74) is 3.68. The molecule has 0 aliphatic rings. The quantitative estimate of drug-likeness (QED) is 0.470. The standard InChI is InChI=1S/C20H21ClN2O3/c1-13-11-15(12-14(2)18(13)21)26-10-6-9-23-17-8-5-4-7-16(17)22-19(23)20(24)25-3/h4-5,7-8,11-12H,6,9-10H2,1-3H3. The molecule has 0 N–H and O–H groups in total. The lowest BCUT2D eigenvalue weighted by Crippen LogP contribution is -2.13. The number of para-hydroxylation sites is 2. The van der Waals surface area contributed by atoms with Crippen LogP contribution in [0.3, 0.4) is 0 Å². The summed E-state index contributed by atoms with van der Waals surface area (Å²) in [5, 5.41) is 0.768. The van der Waals surface area contributed by atoms with Gasteiger partial charge in [-0.15, -0.1) is 0 Å².